The Morgan fingerprint density at radius 1 is 0.884 bits per heavy atom. The van der Waals surface area contributed by atoms with E-state index in [0.29, 0.717) is 33.4 Å². The molecule has 3 aromatic heterocycles. The maximum Gasteiger partial charge on any atom is 0.295 e. The number of carbonyl (C=O) groups excluding carboxylic acids is 2. The number of anilines is 2. The topological polar surface area (TPSA) is 140 Å². The van der Waals surface area contributed by atoms with Crippen LogP contribution in [0.3, 0.4) is 0 Å². The number of carbonyl (C=O) groups is 2. The van der Waals surface area contributed by atoms with Crippen LogP contribution >= 0.6 is 11.8 Å². The molecule has 6 rings (SSSR count). The van der Waals surface area contributed by atoms with Gasteiger partial charge in [0.25, 0.3) is 11.5 Å². The van der Waals surface area contributed by atoms with Gasteiger partial charge in [0.1, 0.15) is 11.4 Å². The van der Waals surface area contributed by atoms with Gasteiger partial charge in [0.15, 0.2) is 5.82 Å². The van der Waals surface area contributed by atoms with E-state index in [9.17, 15) is 14.4 Å². The number of rotatable bonds is 8. The van der Waals surface area contributed by atoms with Crippen LogP contribution in [0.15, 0.2) is 101 Å². The average Bonchev–Trinajstić information content (AvgIpc) is 3.58. The smallest absolute Gasteiger partial charge is 0.295 e. The van der Waals surface area contributed by atoms with Gasteiger partial charge in [-0.05, 0) is 43.3 Å². The molecule has 0 aliphatic carbocycles. The minimum Gasteiger partial charge on any atom is -0.319 e. The normalized spacial score (nSPS) is 11.0. The first-order chi connectivity index (χ1) is 20.9. The summed E-state index contributed by atoms with van der Waals surface area (Å²) in [7, 11) is 1.76. The summed E-state index contributed by atoms with van der Waals surface area (Å²) < 4.78 is 3.20. The molecule has 0 radical (unpaired) electrons. The molecule has 0 saturated heterocycles. The molecule has 0 spiro atoms. The van der Waals surface area contributed by atoms with Gasteiger partial charge in [0, 0.05) is 17.3 Å². The van der Waals surface area contributed by atoms with Crippen molar-refractivity contribution in [2.45, 2.75) is 11.8 Å². The second kappa shape index (κ2) is 11.8. The number of aromatic amines is 1. The maximum atomic E-state index is 13.2. The number of hydrogen-bond donors (Lipinski definition) is 3. The highest BCUT2D eigenvalue weighted by Gasteiger charge is 2.20. The van der Waals surface area contributed by atoms with Crippen molar-refractivity contribution in [2.75, 3.05) is 16.4 Å². The van der Waals surface area contributed by atoms with Gasteiger partial charge in [-0.25, -0.2) is 9.67 Å². The molecule has 11 nitrogen and oxygen atoms in total. The van der Waals surface area contributed by atoms with Crippen LogP contribution in [0.4, 0.5) is 11.6 Å². The van der Waals surface area contributed by atoms with Gasteiger partial charge in [-0.2, -0.15) is 4.98 Å². The van der Waals surface area contributed by atoms with E-state index in [4.69, 9.17) is 0 Å². The van der Waals surface area contributed by atoms with Gasteiger partial charge in [0.2, 0.25) is 11.9 Å². The Bertz CT molecular complexity index is 2030. The van der Waals surface area contributed by atoms with Gasteiger partial charge in [0.05, 0.1) is 28.2 Å². The lowest BCUT2D eigenvalue weighted by Gasteiger charge is -2.08. The lowest BCUT2D eigenvalue weighted by atomic mass is 10.2. The van der Waals surface area contributed by atoms with Crippen LogP contribution in [0.2, 0.25) is 0 Å². The molecule has 2 amide bonds. The number of para-hydroxylation sites is 2. The first-order valence-corrected chi connectivity index (χ1v) is 14.3. The Hall–Kier alpha value is -5.49. The lowest BCUT2D eigenvalue weighted by Crippen LogP contribution is -2.23. The van der Waals surface area contributed by atoms with Crippen molar-refractivity contribution < 1.29 is 9.59 Å². The molecule has 6 aromatic rings. The van der Waals surface area contributed by atoms with E-state index in [1.807, 2.05) is 66.7 Å². The summed E-state index contributed by atoms with van der Waals surface area (Å²) in [6.45, 7) is 1.77. The Morgan fingerprint density at radius 3 is 2.47 bits per heavy atom. The van der Waals surface area contributed by atoms with E-state index in [1.165, 1.54) is 16.4 Å². The summed E-state index contributed by atoms with van der Waals surface area (Å²) in [4.78, 5) is 48.8. The highest BCUT2D eigenvalue weighted by Crippen LogP contribution is 2.25. The molecule has 0 bridgehead atoms. The number of amides is 2. The number of benzene rings is 3. The zero-order valence-electron chi connectivity index (χ0n) is 23.2. The average molecular weight is 591 g/mol. The number of nitrogens with one attached hydrogen (secondary N) is 3. The van der Waals surface area contributed by atoms with Crippen LogP contribution in [-0.4, -0.2) is 47.1 Å². The fourth-order valence-corrected chi connectivity index (χ4v) is 5.46. The van der Waals surface area contributed by atoms with E-state index in [2.05, 4.69) is 30.8 Å². The highest BCUT2D eigenvalue weighted by atomic mass is 32.2. The zero-order valence-corrected chi connectivity index (χ0v) is 24.1. The van der Waals surface area contributed by atoms with E-state index < -0.39 is 5.91 Å². The minimum absolute atomic E-state index is 0.0121. The molecule has 12 heteroatoms. The summed E-state index contributed by atoms with van der Waals surface area (Å²) in [6, 6.07) is 27.7. The van der Waals surface area contributed by atoms with Gasteiger partial charge in [-0.15, -0.1) is 16.9 Å². The first-order valence-electron chi connectivity index (χ1n) is 13.3. The lowest BCUT2D eigenvalue weighted by molar-refractivity contribution is -0.113. The molecule has 43 heavy (non-hydrogen) atoms. The molecule has 0 aliphatic heterocycles. The summed E-state index contributed by atoms with van der Waals surface area (Å²) in [5.41, 5.74) is 2.98. The summed E-state index contributed by atoms with van der Waals surface area (Å²) >= 11 is 1.19. The molecular weight excluding hydrogens is 564 g/mol. The standard InChI is InChI=1S/C31H26N8O3S/c1-19-27(30(42)39(38(19)2)21-11-4-3-5-12-21)33-26(40)18-43-25-15-9-7-13-22(25)29(41)35-31-34-28(36-37-31)24-17-16-20-10-6-8-14-23(20)32-24/h3-17H,18H2,1-2H3,(H,33,40)(H2,34,35,36,37,41). The van der Waals surface area contributed by atoms with Gasteiger partial charge in [-0.1, -0.05) is 54.6 Å². The molecule has 0 fully saturated rings. The second-order valence-corrected chi connectivity index (χ2v) is 10.6. The second-order valence-electron chi connectivity index (χ2n) is 9.62. The number of hydrogen-bond acceptors (Lipinski definition) is 7. The van der Waals surface area contributed by atoms with Gasteiger partial charge in [-0.3, -0.25) is 29.5 Å². The van der Waals surface area contributed by atoms with E-state index >= 15 is 0 Å². The predicted octanol–water partition coefficient (Wildman–Crippen LogP) is 4.80. The van der Waals surface area contributed by atoms with E-state index in [0.717, 1.165) is 10.9 Å². The molecule has 0 atom stereocenters. The van der Waals surface area contributed by atoms with Crippen molar-refractivity contribution in [3.05, 3.63) is 113 Å². The first kappa shape index (κ1) is 27.7. The predicted molar refractivity (Wildman–Crippen MR) is 167 cm³/mol. The van der Waals surface area contributed by atoms with Crippen molar-refractivity contribution in [2.24, 2.45) is 7.05 Å². The number of thioether (sulfide) groups is 1. The van der Waals surface area contributed by atoms with Crippen molar-refractivity contribution in [1.29, 1.82) is 0 Å². The monoisotopic (exact) mass is 590 g/mol. The maximum absolute atomic E-state index is 13.2. The van der Waals surface area contributed by atoms with Crippen molar-refractivity contribution in [1.82, 2.24) is 29.5 Å². The third-order valence-corrected chi connectivity index (χ3v) is 7.93. The number of pyridine rings is 1. The molecule has 3 aromatic carbocycles. The molecule has 3 heterocycles. The number of fused-ring (bicyclic) bond motifs is 1. The molecule has 0 saturated carbocycles. The molecular formula is C31H26N8O3S. The van der Waals surface area contributed by atoms with Gasteiger partial charge < -0.3 is 5.32 Å². The fourth-order valence-electron chi connectivity index (χ4n) is 4.61. The van der Waals surface area contributed by atoms with Crippen LogP contribution < -0.4 is 16.2 Å². The molecule has 0 unspecified atom stereocenters. The molecule has 3 N–H and O–H groups in total. The van der Waals surface area contributed by atoms with Crippen LogP contribution in [0.5, 0.6) is 0 Å². The minimum atomic E-state index is -0.426. The molecule has 214 valence electrons. The van der Waals surface area contributed by atoms with Crippen molar-refractivity contribution >= 4 is 46.1 Å². The van der Waals surface area contributed by atoms with E-state index in [1.54, 1.807) is 42.9 Å². The third kappa shape index (κ3) is 5.68. The quantitative estimate of drug-likeness (QED) is 0.216. The number of H-pyrrole nitrogens is 1. The fraction of sp³-hybridized carbons (Fsp3) is 0.0968. The Balaban J connectivity index is 1.13. The van der Waals surface area contributed by atoms with Crippen molar-refractivity contribution in [3.8, 4) is 17.2 Å². The SMILES string of the molecule is Cc1c(NC(=O)CSc2ccccc2C(=O)Nc2n[nH]c(-c3ccc4ccccc4n3)n2)c(=O)n(-c2ccccc2)n1C. The van der Waals surface area contributed by atoms with Gasteiger partial charge >= 0.3 is 0 Å². The Morgan fingerprint density at radius 2 is 1.63 bits per heavy atom. The Labute approximate surface area is 250 Å². The zero-order chi connectivity index (χ0) is 29.9. The number of aromatic nitrogens is 6. The van der Waals surface area contributed by atoms with Crippen LogP contribution in [-0.2, 0) is 11.8 Å². The van der Waals surface area contributed by atoms with Crippen LogP contribution in [0.1, 0.15) is 16.1 Å². The van der Waals surface area contributed by atoms with Crippen LogP contribution in [0.25, 0.3) is 28.1 Å². The summed E-state index contributed by atoms with van der Waals surface area (Å²) in [5, 5.41) is 13.4. The summed E-state index contributed by atoms with van der Waals surface area (Å²) in [6.07, 6.45) is 0. The van der Waals surface area contributed by atoms with Crippen LogP contribution in [0, 0.1) is 6.92 Å². The van der Waals surface area contributed by atoms with E-state index in [-0.39, 0.29) is 28.9 Å². The molecule has 0 aliphatic rings. The summed E-state index contributed by atoms with van der Waals surface area (Å²) in [5.74, 6) is -0.287. The Kier molecular flexibility index (Phi) is 7.58. The van der Waals surface area contributed by atoms with Crippen molar-refractivity contribution in [3.63, 3.8) is 0 Å². The number of nitrogens with zero attached hydrogens (tertiary/aromatic N) is 5. The third-order valence-electron chi connectivity index (χ3n) is 6.86. The largest absolute Gasteiger partial charge is 0.319 e. The highest BCUT2D eigenvalue weighted by molar-refractivity contribution is 8.00.